The van der Waals surface area contributed by atoms with Gasteiger partial charge in [-0.2, -0.15) is 0 Å². The molecular weight excluding hydrogens is 162 g/mol. The van der Waals surface area contributed by atoms with Crippen LogP contribution < -0.4 is 10.9 Å². The highest BCUT2D eigenvalue weighted by molar-refractivity contribution is 6.71. The molecule has 65 valence electrons. The van der Waals surface area contributed by atoms with Crippen LogP contribution in [0, 0.1) is 0 Å². The topological polar surface area (TPSA) is 26.0 Å². The van der Waals surface area contributed by atoms with Crippen LogP contribution in [-0.4, -0.2) is 15.3 Å². The lowest BCUT2D eigenvalue weighted by atomic mass is 10.1. The van der Waals surface area contributed by atoms with Gasteiger partial charge in [0, 0.05) is 0 Å². The first-order valence-electron chi connectivity index (χ1n) is 4.34. The van der Waals surface area contributed by atoms with Crippen LogP contribution in [0.15, 0.2) is 24.3 Å². The first kappa shape index (κ1) is 9.48. The molecule has 0 spiro atoms. The summed E-state index contributed by atoms with van der Waals surface area (Å²) in [5.41, 5.74) is 6.98. The predicted molar refractivity (Wildman–Crippen MR) is 56.3 cm³/mol. The Kier molecular flexibility index (Phi) is 3.50. The maximum Gasteiger partial charge on any atom is 0.0795 e. The van der Waals surface area contributed by atoms with E-state index in [0.29, 0.717) is 0 Å². The highest BCUT2D eigenvalue weighted by Gasteiger charge is 2.05. The SMILES string of the molecule is C[Si](C)c1ccccc1CCN. The van der Waals surface area contributed by atoms with Crippen molar-refractivity contribution < 1.29 is 0 Å². The van der Waals surface area contributed by atoms with E-state index < -0.39 is 0 Å². The normalized spacial score (nSPS) is 10.7. The second kappa shape index (κ2) is 4.43. The van der Waals surface area contributed by atoms with Crippen LogP contribution in [0.3, 0.4) is 0 Å². The van der Waals surface area contributed by atoms with Crippen molar-refractivity contribution in [2.75, 3.05) is 6.54 Å². The van der Waals surface area contributed by atoms with Gasteiger partial charge in [-0.25, -0.2) is 0 Å². The predicted octanol–water partition coefficient (Wildman–Crippen LogP) is 1.15. The molecule has 0 aliphatic carbocycles. The molecule has 0 aliphatic heterocycles. The molecule has 2 N–H and O–H groups in total. The smallest absolute Gasteiger partial charge is 0.0795 e. The van der Waals surface area contributed by atoms with Crippen molar-refractivity contribution in [3.8, 4) is 0 Å². The van der Waals surface area contributed by atoms with Gasteiger partial charge in [0.1, 0.15) is 0 Å². The van der Waals surface area contributed by atoms with Gasteiger partial charge < -0.3 is 5.73 Å². The van der Waals surface area contributed by atoms with Gasteiger partial charge in [0.2, 0.25) is 0 Å². The summed E-state index contributed by atoms with van der Waals surface area (Å²) < 4.78 is 0. The van der Waals surface area contributed by atoms with Crippen molar-refractivity contribution >= 4 is 14.0 Å². The Morgan fingerprint density at radius 1 is 1.25 bits per heavy atom. The fourth-order valence-electron chi connectivity index (χ4n) is 1.38. The zero-order valence-electron chi connectivity index (χ0n) is 7.80. The van der Waals surface area contributed by atoms with E-state index in [-0.39, 0.29) is 8.80 Å². The van der Waals surface area contributed by atoms with Crippen LogP contribution in [0.4, 0.5) is 0 Å². The fraction of sp³-hybridized carbons (Fsp3) is 0.400. The fourth-order valence-corrected chi connectivity index (χ4v) is 2.66. The van der Waals surface area contributed by atoms with E-state index in [1.807, 2.05) is 0 Å². The summed E-state index contributed by atoms with van der Waals surface area (Å²) in [4.78, 5) is 0. The monoisotopic (exact) mass is 178 g/mol. The van der Waals surface area contributed by atoms with Crippen LogP contribution in [-0.2, 0) is 6.42 Å². The molecule has 0 heterocycles. The van der Waals surface area contributed by atoms with E-state index in [2.05, 4.69) is 37.4 Å². The van der Waals surface area contributed by atoms with Crippen molar-refractivity contribution in [1.29, 1.82) is 0 Å². The lowest BCUT2D eigenvalue weighted by Crippen LogP contribution is -2.27. The quantitative estimate of drug-likeness (QED) is 0.690. The molecule has 1 aromatic carbocycles. The summed E-state index contributed by atoms with van der Waals surface area (Å²) in [5.74, 6) is 0. The molecule has 0 atom stereocenters. The first-order chi connectivity index (χ1) is 5.75. The van der Waals surface area contributed by atoms with E-state index in [4.69, 9.17) is 5.73 Å². The third kappa shape index (κ3) is 2.19. The zero-order chi connectivity index (χ0) is 8.97. The van der Waals surface area contributed by atoms with Gasteiger partial charge in [-0.1, -0.05) is 42.5 Å². The second-order valence-electron chi connectivity index (χ2n) is 3.20. The van der Waals surface area contributed by atoms with Crippen molar-refractivity contribution in [3.63, 3.8) is 0 Å². The molecule has 1 nitrogen and oxygen atoms in total. The van der Waals surface area contributed by atoms with Crippen molar-refractivity contribution in [2.24, 2.45) is 5.73 Å². The van der Waals surface area contributed by atoms with E-state index in [0.717, 1.165) is 13.0 Å². The van der Waals surface area contributed by atoms with Gasteiger partial charge in [0.15, 0.2) is 0 Å². The highest BCUT2D eigenvalue weighted by atomic mass is 28.3. The summed E-state index contributed by atoms with van der Waals surface area (Å²) >= 11 is 0. The highest BCUT2D eigenvalue weighted by Crippen LogP contribution is 1.98. The molecule has 0 amide bonds. The Morgan fingerprint density at radius 3 is 2.50 bits per heavy atom. The number of nitrogens with two attached hydrogens (primary N) is 1. The Hall–Kier alpha value is -0.603. The number of hydrogen-bond acceptors (Lipinski definition) is 1. The maximum atomic E-state index is 5.54. The third-order valence-corrected chi connectivity index (χ3v) is 3.53. The van der Waals surface area contributed by atoms with Gasteiger partial charge in [-0.05, 0) is 18.5 Å². The van der Waals surface area contributed by atoms with Gasteiger partial charge in [0.25, 0.3) is 0 Å². The molecular formula is C10H16NSi. The Balaban J connectivity index is 2.92. The van der Waals surface area contributed by atoms with E-state index >= 15 is 0 Å². The van der Waals surface area contributed by atoms with E-state index in [9.17, 15) is 0 Å². The first-order valence-corrected chi connectivity index (χ1v) is 6.84. The van der Waals surface area contributed by atoms with Crippen LogP contribution in [0.5, 0.6) is 0 Å². The van der Waals surface area contributed by atoms with E-state index in [1.54, 1.807) is 0 Å². The summed E-state index contributed by atoms with van der Waals surface area (Å²) in [6.45, 7) is 5.40. The molecule has 0 saturated heterocycles. The zero-order valence-corrected chi connectivity index (χ0v) is 8.80. The summed E-state index contributed by atoms with van der Waals surface area (Å²) in [6, 6.07) is 8.64. The summed E-state index contributed by atoms with van der Waals surface area (Å²) in [7, 11) is -0.319. The summed E-state index contributed by atoms with van der Waals surface area (Å²) in [5, 5.41) is 1.54. The molecule has 0 bridgehead atoms. The van der Waals surface area contributed by atoms with Crippen molar-refractivity contribution in [3.05, 3.63) is 29.8 Å². The molecule has 0 saturated carbocycles. The number of hydrogen-bond donors (Lipinski definition) is 1. The number of benzene rings is 1. The standard InChI is InChI=1S/C10H16NSi/c1-12(2)10-6-4-3-5-9(10)7-8-11/h3-6H,7-8,11H2,1-2H3. The molecule has 0 aromatic heterocycles. The Bertz CT molecular complexity index is 245. The van der Waals surface area contributed by atoms with Crippen LogP contribution >= 0.6 is 0 Å². The van der Waals surface area contributed by atoms with Crippen molar-refractivity contribution in [1.82, 2.24) is 0 Å². The van der Waals surface area contributed by atoms with Gasteiger partial charge >= 0.3 is 0 Å². The average Bonchev–Trinajstić information content (AvgIpc) is 2.05. The van der Waals surface area contributed by atoms with Gasteiger partial charge in [0.05, 0.1) is 8.80 Å². The lowest BCUT2D eigenvalue weighted by Gasteiger charge is -2.09. The third-order valence-electron chi connectivity index (χ3n) is 1.97. The largest absolute Gasteiger partial charge is 0.330 e. The lowest BCUT2D eigenvalue weighted by molar-refractivity contribution is 0.974. The van der Waals surface area contributed by atoms with Crippen LogP contribution in [0.2, 0.25) is 13.1 Å². The second-order valence-corrected chi connectivity index (χ2v) is 5.73. The molecule has 1 aromatic rings. The minimum absolute atomic E-state index is 0.319. The maximum absolute atomic E-state index is 5.54. The summed E-state index contributed by atoms with van der Waals surface area (Å²) in [6.07, 6.45) is 1.02. The molecule has 1 radical (unpaired) electrons. The van der Waals surface area contributed by atoms with Crippen LogP contribution in [0.25, 0.3) is 0 Å². The average molecular weight is 178 g/mol. The molecule has 1 rings (SSSR count). The Morgan fingerprint density at radius 2 is 1.92 bits per heavy atom. The Labute approximate surface area is 76.2 Å². The van der Waals surface area contributed by atoms with Crippen LogP contribution in [0.1, 0.15) is 5.56 Å². The number of rotatable bonds is 3. The molecule has 2 heteroatoms. The van der Waals surface area contributed by atoms with E-state index in [1.165, 1.54) is 10.8 Å². The van der Waals surface area contributed by atoms with Gasteiger partial charge in [-0.3, -0.25) is 0 Å². The van der Waals surface area contributed by atoms with Crippen molar-refractivity contribution in [2.45, 2.75) is 19.5 Å². The molecule has 0 aliphatic rings. The minimum atomic E-state index is -0.319. The minimum Gasteiger partial charge on any atom is -0.330 e. The van der Waals surface area contributed by atoms with Gasteiger partial charge in [-0.15, -0.1) is 0 Å². The molecule has 12 heavy (non-hydrogen) atoms. The molecule has 0 fully saturated rings. The molecule has 0 unspecified atom stereocenters.